The van der Waals surface area contributed by atoms with Crippen LogP contribution >= 0.6 is 0 Å². The number of ether oxygens (including phenoxy) is 1. The molecule has 76 valence electrons. The summed E-state index contributed by atoms with van der Waals surface area (Å²) in [7, 11) is 0. The van der Waals surface area contributed by atoms with Gasteiger partial charge in [0.05, 0.1) is 11.7 Å². The van der Waals surface area contributed by atoms with E-state index in [-0.39, 0.29) is 11.7 Å². The average molecular weight is 184 g/mol. The van der Waals surface area contributed by atoms with E-state index in [1.54, 1.807) is 0 Å². The minimum absolute atomic E-state index is 0.0376. The Morgan fingerprint density at radius 3 is 2.85 bits per heavy atom. The zero-order valence-corrected chi connectivity index (χ0v) is 8.46. The first kappa shape index (κ1) is 9.47. The molecule has 2 fully saturated rings. The highest BCUT2D eigenvalue weighted by molar-refractivity contribution is 4.93. The lowest BCUT2D eigenvalue weighted by molar-refractivity contribution is -0.160. The van der Waals surface area contributed by atoms with Crippen LogP contribution in [0.25, 0.3) is 0 Å². The molecular weight excluding hydrogens is 164 g/mol. The maximum absolute atomic E-state index is 9.66. The van der Waals surface area contributed by atoms with Crippen LogP contribution in [0.3, 0.4) is 0 Å². The lowest BCUT2D eigenvalue weighted by Gasteiger charge is -2.46. The zero-order chi connectivity index (χ0) is 9.31. The Morgan fingerprint density at radius 2 is 2.15 bits per heavy atom. The average Bonchev–Trinajstić information content (AvgIpc) is 2.11. The van der Waals surface area contributed by atoms with Crippen molar-refractivity contribution in [2.45, 2.75) is 57.2 Å². The Morgan fingerprint density at radius 1 is 1.31 bits per heavy atom. The van der Waals surface area contributed by atoms with Gasteiger partial charge in [-0.05, 0) is 25.2 Å². The summed E-state index contributed by atoms with van der Waals surface area (Å²) in [4.78, 5) is 0. The van der Waals surface area contributed by atoms with E-state index in [0.29, 0.717) is 5.92 Å². The van der Waals surface area contributed by atoms with E-state index < -0.39 is 0 Å². The van der Waals surface area contributed by atoms with Crippen molar-refractivity contribution in [1.29, 1.82) is 0 Å². The first-order valence-corrected chi connectivity index (χ1v) is 5.55. The first-order valence-electron chi connectivity index (χ1n) is 5.55. The van der Waals surface area contributed by atoms with E-state index in [4.69, 9.17) is 4.74 Å². The molecule has 2 aliphatic rings. The maximum atomic E-state index is 9.66. The Hall–Kier alpha value is -0.0800. The largest absolute Gasteiger partial charge is 0.393 e. The standard InChI is InChI=1S/C11H20O2/c1-9-4-2-3-6-11(9)8-10(12)5-7-13-11/h9-10,12H,2-8H2,1H3. The number of hydrogen-bond acceptors (Lipinski definition) is 2. The van der Waals surface area contributed by atoms with Gasteiger partial charge >= 0.3 is 0 Å². The molecule has 0 aromatic heterocycles. The van der Waals surface area contributed by atoms with Gasteiger partial charge in [0, 0.05) is 13.0 Å². The lowest BCUT2D eigenvalue weighted by Crippen LogP contribution is -2.48. The third-order valence-electron chi connectivity index (χ3n) is 3.81. The van der Waals surface area contributed by atoms with Crippen molar-refractivity contribution < 1.29 is 9.84 Å². The van der Waals surface area contributed by atoms with E-state index in [0.717, 1.165) is 25.9 Å². The molecule has 1 saturated carbocycles. The molecule has 1 spiro atoms. The fraction of sp³-hybridized carbons (Fsp3) is 1.00. The second-order valence-corrected chi connectivity index (χ2v) is 4.71. The summed E-state index contributed by atoms with van der Waals surface area (Å²) in [5, 5.41) is 9.66. The summed E-state index contributed by atoms with van der Waals surface area (Å²) in [6.07, 6.45) is 6.62. The summed E-state index contributed by atoms with van der Waals surface area (Å²) in [6, 6.07) is 0. The van der Waals surface area contributed by atoms with Crippen molar-refractivity contribution in [3.8, 4) is 0 Å². The van der Waals surface area contributed by atoms with Crippen LogP contribution in [0, 0.1) is 5.92 Å². The van der Waals surface area contributed by atoms with Crippen LogP contribution in [-0.2, 0) is 4.74 Å². The van der Waals surface area contributed by atoms with E-state index >= 15 is 0 Å². The normalized spacial score (nSPS) is 46.6. The van der Waals surface area contributed by atoms with Gasteiger partial charge in [0.2, 0.25) is 0 Å². The van der Waals surface area contributed by atoms with Crippen LogP contribution in [0.15, 0.2) is 0 Å². The summed E-state index contributed by atoms with van der Waals surface area (Å²) in [5.41, 5.74) is 0.0376. The van der Waals surface area contributed by atoms with Gasteiger partial charge in [-0.2, -0.15) is 0 Å². The molecule has 1 aliphatic heterocycles. The molecular formula is C11H20O2. The second kappa shape index (κ2) is 3.58. The van der Waals surface area contributed by atoms with Gasteiger partial charge in [-0.25, -0.2) is 0 Å². The predicted octanol–water partition coefficient (Wildman–Crippen LogP) is 2.11. The van der Waals surface area contributed by atoms with Crippen molar-refractivity contribution in [1.82, 2.24) is 0 Å². The smallest absolute Gasteiger partial charge is 0.0732 e. The van der Waals surface area contributed by atoms with Gasteiger partial charge < -0.3 is 9.84 Å². The van der Waals surface area contributed by atoms with Crippen LogP contribution < -0.4 is 0 Å². The first-order chi connectivity index (χ1) is 6.23. The minimum Gasteiger partial charge on any atom is -0.393 e. The molecule has 0 aromatic rings. The van der Waals surface area contributed by atoms with Crippen LogP contribution in [-0.4, -0.2) is 23.4 Å². The number of hydrogen-bond donors (Lipinski definition) is 1. The van der Waals surface area contributed by atoms with E-state index in [9.17, 15) is 5.11 Å². The molecule has 3 atom stereocenters. The SMILES string of the molecule is CC1CCCCC12CC(O)CCO2. The zero-order valence-electron chi connectivity index (χ0n) is 8.46. The van der Waals surface area contributed by atoms with Crippen LogP contribution in [0.1, 0.15) is 45.4 Å². The molecule has 1 N–H and O–H groups in total. The van der Waals surface area contributed by atoms with Crippen LogP contribution in [0.2, 0.25) is 0 Å². The topological polar surface area (TPSA) is 29.5 Å². The number of aliphatic hydroxyl groups excluding tert-OH is 1. The van der Waals surface area contributed by atoms with Gasteiger partial charge in [0.15, 0.2) is 0 Å². The Balaban J connectivity index is 2.07. The van der Waals surface area contributed by atoms with E-state index in [1.165, 1.54) is 19.3 Å². The van der Waals surface area contributed by atoms with Crippen molar-refractivity contribution in [3.63, 3.8) is 0 Å². The highest BCUT2D eigenvalue weighted by Crippen LogP contribution is 2.42. The van der Waals surface area contributed by atoms with Crippen molar-refractivity contribution in [2.24, 2.45) is 5.92 Å². The molecule has 1 saturated heterocycles. The number of rotatable bonds is 0. The monoisotopic (exact) mass is 184 g/mol. The fourth-order valence-electron chi connectivity index (χ4n) is 2.86. The van der Waals surface area contributed by atoms with Crippen molar-refractivity contribution in [2.75, 3.05) is 6.61 Å². The molecule has 13 heavy (non-hydrogen) atoms. The summed E-state index contributed by atoms with van der Waals surface area (Å²) < 4.78 is 5.93. The molecule has 2 heteroatoms. The van der Waals surface area contributed by atoms with Gasteiger partial charge in [0.25, 0.3) is 0 Å². The van der Waals surface area contributed by atoms with E-state index in [1.807, 2.05) is 0 Å². The Kier molecular flexibility index (Phi) is 2.61. The van der Waals surface area contributed by atoms with Crippen molar-refractivity contribution >= 4 is 0 Å². The molecule has 0 amide bonds. The highest BCUT2D eigenvalue weighted by Gasteiger charge is 2.42. The molecule has 1 aliphatic carbocycles. The van der Waals surface area contributed by atoms with Gasteiger partial charge in [-0.1, -0.05) is 19.8 Å². The molecule has 0 bridgehead atoms. The summed E-state index contributed by atoms with van der Waals surface area (Å²) in [6.45, 7) is 3.03. The number of aliphatic hydroxyl groups is 1. The third kappa shape index (κ3) is 1.75. The van der Waals surface area contributed by atoms with Gasteiger partial charge in [-0.15, -0.1) is 0 Å². The van der Waals surface area contributed by atoms with Crippen LogP contribution in [0.5, 0.6) is 0 Å². The molecule has 2 nitrogen and oxygen atoms in total. The Bertz CT molecular complexity index is 177. The molecule has 0 aromatic carbocycles. The van der Waals surface area contributed by atoms with Crippen LogP contribution in [0.4, 0.5) is 0 Å². The molecule has 1 heterocycles. The van der Waals surface area contributed by atoms with Gasteiger partial charge in [-0.3, -0.25) is 0 Å². The minimum atomic E-state index is -0.116. The second-order valence-electron chi connectivity index (χ2n) is 4.71. The summed E-state index contributed by atoms with van der Waals surface area (Å²) in [5.74, 6) is 0.635. The highest BCUT2D eigenvalue weighted by atomic mass is 16.5. The molecule has 3 unspecified atom stereocenters. The van der Waals surface area contributed by atoms with E-state index in [2.05, 4.69) is 6.92 Å². The fourth-order valence-corrected chi connectivity index (χ4v) is 2.86. The molecule has 0 radical (unpaired) electrons. The predicted molar refractivity (Wildman–Crippen MR) is 51.6 cm³/mol. The van der Waals surface area contributed by atoms with Crippen molar-refractivity contribution in [3.05, 3.63) is 0 Å². The lowest BCUT2D eigenvalue weighted by atomic mass is 9.72. The van der Waals surface area contributed by atoms with Gasteiger partial charge in [0.1, 0.15) is 0 Å². The third-order valence-corrected chi connectivity index (χ3v) is 3.81. The molecule has 2 rings (SSSR count). The summed E-state index contributed by atoms with van der Waals surface area (Å²) >= 11 is 0. The Labute approximate surface area is 80.3 Å². The maximum Gasteiger partial charge on any atom is 0.0732 e. The quantitative estimate of drug-likeness (QED) is 0.624.